The molecule has 0 spiro atoms. The Kier molecular flexibility index (Phi) is 6.99. The maximum atomic E-state index is 12.0. The monoisotopic (exact) mass is 383 g/mol. The third-order valence-electron chi connectivity index (χ3n) is 3.24. The van der Waals surface area contributed by atoms with Crippen molar-refractivity contribution in [3.8, 4) is 0 Å². The van der Waals surface area contributed by atoms with Crippen LogP contribution < -0.4 is 15.2 Å². The molecule has 4 N–H and O–H groups in total. The van der Waals surface area contributed by atoms with E-state index in [9.17, 15) is 16.8 Å². The summed E-state index contributed by atoms with van der Waals surface area (Å²) in [7, 11) is -7.22. The fourth-order valence-corrected chi connectivity index (χ4v) is 4.14. The highest BCUT2D eigenvalue weighted by atomic mass is 35.5. The first kappa shape index (κ1) is 20.3. The van der Waals surface area contributed by atoms with Gasteiger partial charge in [0.05, 0.1) is 9.79 Å². The average molecular weight is 384 g/mol. The molecule has 1 unspecified atom stereocenters. The molecule has 1 aromatic rings. The van der Waals surface area contributed by atoms with Gasteiger partial charge in [-0.05, 0) is 50.5 Å². The Morgan fingerprint density at radius 3 is 2.00 bits per heavy atom. The first-order valence-corrected chi connectivity index (χ1v) is 10.0. The quantitative estimate of drug-likeness (QED) is 0.606. The minimum Gasteiger partial charge on any atom is -0.328 e. The van der Waals surface area contributed by atoms with Crippen LogP contribution in [0.1, 0.15) is 26.2 Å². The molecule has 0 saturated heterocycles. The van der Waals surface area contributed by atoms with Crippen molar-refractivity contribution >= 4 is 32.5 Å². The second kappa shape index (κ2) is 7.91. The topological polar surface area (TPSA) is 118 Å². The predicted octanol–water partition coefficient (Wildman–Crippen LogP) is 0.565. The van der Waals surface area contributed by atoms with Gasteiger partial charge >= 0.3 is 0 Å². The molecule has 0 radical (unpaired) electrons. The molecule has 7 nitrogen and oxygen atoms in total. The lowest BCUT2D eigenvalue weighted by molar-refractivity contribution is 0.570. The Balaban J connectivity index is 0.00000264. The number of rotatable bonds is 8. The number of benzene rings is 1. The number of sulfonamides is 2. The molecule has 0 bridgehead atoms. The van der Waals surface area contributed by atoms with E-state index in [1.807, 2.05) is 0 Å². The summed E-state index contributed by atoms with van der Waals surface area (Å²) in [6, 6.07) is 5.08. The van der Waals surface area contributed by atoms with Gasteiger partial charge in [0.15, 0.2) is 0 Å². The summed E-state index contributed by atoms with van der Waals surface area (Å²) in [4.78, 5) is 0.0940. The summed E-state index contributed by atoms with van der Waals surface area (Å²) in [6.45, 7) is 2.03. The summed E-state index contributed by atoms with van der Waals surface area (Å²) >= 11 is 0. The molecule has 1 aromatic carbocycles. The Labute approximate surface area is 143 Å². The molecule has 1 saturated carbocycles. The predicted molar refractivity (Wildman–Crippen MR) is 90.5 cm³/mol. The second-order valence-corrected chi connectivity index (χ2v) is 9.01. The zero-order valence-electron chi connectivity index (χ0n) is 12.7. The van der Waals surface area contributed by atoms with Crippen LogP contribution in [-0.4, -0.2) is 35.5 Å². The molecule has 23 heavy (non-hydrogen) atoms. The van der Waals surface area contributed by atoms with E-state index < -0.39 is 20.0 Å². The van der Waals surface area contributed by atoms with Crippen molar-refractivity contribution in [2.75, 3.05) is 6.54 Å². The van der Waals surface area contributed by atoms with E-state index in [0.717, 1.165) is 12.8 Å². The highest BCUT2D eigenvalue weighted by molar-refractivity contribution is 7.90. The molecule has 1 aliphatic carbocycles. The minimum absolute atomic E-state index is 0. The van der Waals surface area contributed by atoms with Crippen LogP contribution in [0.15, 0.2) is 34.1 Å². The molecule has 132 valence electrons. The van der Waals surface area contributed by atoms with Gasteiger partial charge in [0, 0.05) is 18.6 Å². The highest BCUT2D eigenvalue weighted by Gasteiger charge is 2.28. The highest BCUT2D eigenvalue weighted by Crippen LogP contribution is 2.22. The average Bonchev–Trinajstić information content (AvgIpc) is 3.21. The van der Waals surface area contributed by atoms with Crippen LogP contribution in [0.2, 0.25) is 0 Å². The van der Waals surface area contributed by atoms with E-state index in [-0.39, 0.29) is 40.8 Å². The number of nitrogens with two attached hydrogens (primary N) is 1. The molecule has 0 heterocycles. The van der Waals surface area contributed by atoms with Crippen molar-refractivity contribution in [2.45, 2.75) is 48.1 Å². The third-order valence-corrected chi connectivity index (χ3v) is 6.25. The van der Waals surface area contributed by atoms with Crippen molar-refractivity contribution < 1.29 is 16.8 Å². The summed E-state index contributed by atoms with van der Waals surface area (Å²) < 4.78 is 53.1. The van der Waals surface area contributed by atoms with Crippen LogP contribution in [0.5, 0.6) is 0 Å². The fourth-order valence-electron chi connectivity index (χ4n) is 1.79. The fraction of sp³-hybridized carbons (Fsp3) is 0.538. The standard InChI is InChI=1S/C13H21N3O4S2.ClH/c1-10(14)8-9-15-21(17,18)12-4-6-13(7-5-12)22(19,20)16-11-2-3-11;/h4-7,10-11,15-16H,2-3,8-9,14H2,1H3;1H. The summed E-state index contributed by atoms with van der Waals surface area (Å²) in [6.07, 6.45) is 2.21. The van der Waals surface area contributed by atoms with Gasteiger partial charge in [-0.15, -0.1) is 12.4 Å². The van der Waals surface area contributed by atoms with Crippen LogP contribution in [0.4, 0.5) is 0 Å². The molecule has 1 aliphatic rings. The van der Waals surface area contributed by atoms with Crippen molar-refractivity contribution in [1.82, 2.24) is 9.44 Å². The zero-order chi connectivity index (χ0) is 16.4. The maximum Gasteiger partial charge on any atom is 0.240 e. The molecule has 0 amide bonds. The molecule has 0 aliphatic heterocycles. The summed E-state index contributed by atoms with van der Waals surface area (Å²) in [5.74, 6) is 0. The van der Waals surface area contributed by atoms with E-state index in [0.29, 0.717) is 6.42 Å². The van der Waals surface area contributed by atoms with Gasteiger partial charge in [0.1, 0.15) is 0 Å². The Bertz CT molecular complexity index is 714. The lowest BCUT2D eigenvalue weighted by Gasteiger charge is -2.09. The molecular formula is C13H22ClN3O4S2. The SMILES string of the molecule is CC(N)CCNS(=O)(=O)c1ccc(S(=O)(=O)NC2CC2)cc1.Cl. The Hall–Kier alpha value is -0.710. The second-order valence-electron chi connectivity index (χ2n) is 5.53. The van der Waals surface area contributed by atoms with Crippen molar-refractivity contribution in [3.63, 3.8) is 0 Å². The first-order chi connectivity index (χ1) is 10.2. The van der Waals surface area contributed by atoms with Crippen LogP contribution in [0, 0.1) is 0 Å². The number of hydrogen-bond donors (Lipinski definition) is 3. The molecule has 2 rings (SSSR count). The minimum atomic E-state index is -3.65. The number of hydrogen-bond acceptors (Lipinski definition) is 5. The summed E-state index contributed by atoms with van der Waals surface area (Å²) in [5, 5.41) is 0. The summed E-state index contributed by atoms with van der Waals surface area (Å²) in [5.41, 5.74) is 5.56. The maximum absolute atomic E-state index is 12.0. The lowest BCUT2D eigenvalue weighted by atomic mass is 10.3. The van der Waals surface area contributed by atoms with Crippen molar-refractivity contribution in [3.05, 3.63) is 24.3 Å². The molecule has 10 heteroatoms. The Morgan fingerprint density at radius 2 is 1.57 bits per heavy atom. The van der Waals surface area contributed by atoms with Crippen LogP contribution in [-0.2, 0) is 20.0 Å². The molecular weight excluding hydrogens is 362 g/mol. The lowest BCUT2D eigenvalue weighted by Crippen LogP contribution is -2.29. The van der Waals surface area contributed by atoms with Gasteiger partial charge < -0.3 is 5.73 Å². The van der Waals surface area contributed by atoms with Gasteiger partial charge in [-0.1, -0.05) is 0 Å². The van der Waals surface area contributed by atoms with Gasteiger partial charge in [-0.3, -0.25) is 0 Å². The van der Waals surface area contributed by atoms with E-state index in [2.05, 4.69) is 9.44 Å². The number of halogens is 1. The van der Waals surface area contributed by atoms with Crippen LogP contribution in [0.25, 0.3) is 0 Å². The molecule has 1 fully saturated rings. The van der Waals surface area contributed by atoms with E-state index in [1.165, 1.54) is 24.3 Å². The van der Waals surface area contributed by atoms with Gasteiger partial charge in [0.25, 0.3) is 0 Å². The van der Waals surface area contributed by atoms with Crippen LogP contribution in [0.3, 0.4) is 0 Å². The molecule has 1 atom stereocenters. The zero-order valence-corrected chi connectivity index (χ0v) is 15.2. The first-order valence-electron chi connectivity index (χ1n) is 7.08. The molecule has 0 aromatic heterocycles. The third kappa shape index (κ3) is 6.02. The smallest absolute Gasteiger partial charge is 0.240 e. The van der Waals surface area contributed by atoms with Gasteiger partial charge in [-0.25, -0.2) is 26.3 Å². The van der Waals surface area contributed by atoms with Gasteiger partial charge in [0.2, 0.25) is 20.0 Å². The largest absolute Gasteiger partial charge is 0.328 e. The number of nitrogens with one attached hydrogen (secondary N) is 2. The van der Waals surface area contributed by atoms with Crippen LogP contribution >= 0.6 is 12.4 Å². The van der Waals surface area contributed by atoms with Crippen molar-refractivity contribution in [1.29, 1.82) is 0 Å². The van der Waals surface area contributed by atoms with Crippen molar-refractivity contribution in [2.24, 2.45) is 5.73 Å². The normalized spacial score (nSPS) is 16.6. The van der Waals surface area contributed by atoms with Gasteiger partial charge in [-0.2, -0.15) is 0 Å². The Morgan fingerprint density at radius 1 is 1.09 bits per heavy atom. The van der Waals surface area contributed by atoms with E-state index in [4.69, 9.17) is 5.73 Å². The van der Waals surface area contributed by atoms with E-state index in [1.54, 1.807) is 6.92 Å². The van der Waals surface area contributed by atoms with E-state index >= 15 is 0 Å².